The van der Waals surface area contributed by atoms with Gasteiger partial charge in [0, 0.05) is 17.9 Å². The lowest BCUT2D eigenvalue weighted by molar-refractivity contribution is -0.106. The third-order valence-corrected chi connectivity index (χ3v) is 5.43. The molecule has 1 aliphatic carbocycles. The number of hydrogen-bond acceptors (Lipinski definition) is 3. The van der Waals surface area contributed by atoms with Gasteiger partial charge in [-0.2, -0.15) is 0 Å². The van der Waals surface area contributed by atoms with Crippen molar-refractivity contribution in [3.05, 3.63) is 42.0 Å². The molecule has 0 radical (unpaired) electrons. The van der Waals surface area contributed by atoms with E-state index in [4.69, 9.17) is 9.47 Å². The van der Waals surface area contributed by atoms with E-state index in [1.165, 1.54) is 22.8 Å². The van der Waals surface area contributed by atoms with Crippen LogP contribution in [0.25, 0.3) is 10.8 Å². The first kappa shape index (κ1) is 15.9. The summed E-state index contributed by atoms with van der Waals surface area (Å²) in [5.41, 5.74) is 1.18. The molecule has 3 atom stereocenters. The van der Waals surface area contributed by atoms with Gasteiger partial charge in [0.25, 0.3) is 0 Å². The normalized spacial score (nSPS) is 28.0. The third kappa shape index (κ3) is 3.15. The molecule has 1 N–H and O–H groups in total. The molecule has 2 aromatic rings. The van der Waals surface area contributed by atoms with E-state index >= 15 is 0 Å². The van der Waals surface area contributed by atoms with Crippen molar-refractivity contribution in [1.29, 1.82) is 0 Å². The Bertz CT molecular complexity index is 691. The second-order valence-corrected chi connectivity index (χ2v) is 7.07. The van der Waals surface area contributed by atoms with Crippen molar-refractivity contribution in [2.75, 3.05) is 6.61 Å². The highest BCUT2D eigenvalue weighted by Gasteiger charge is 2.29. The molecule has 2 fully saturated rings. The van der Waals surface area contributed by atoms with Gasteiger partial charge in [-0.05, 0) is 42.5 Å². The van der Waals surface area contributed by atoms with Gasteiger partial charge >= 0.3 is 0 Å². The van der Waals surface area contributed by atoms with Crippen LogP contribution in [-0.2, 0) is 4.74 Å². The lowest BCUT2D eigenvalue weighted by Crippen LogP contribution is -2.27. The van der Waals surface area contributed by atoms with E-state index in [9.17, 15) is 5.11 Å². The average molecular weight is 326 g/mol. The van der Waals surface area contributed by atoms with Crippen LogP contribution >= 0.6 is 0 Å². The first-order chi connectivity index (χ1) is 11.8. The number of aliphatic hydroxyl groups is 1. The minimum absolute atomic E-state index is 0.153. The zero-order chi connectivity index (χ0) is 16.4. The second-order valence-electron chi connectivity index (χ2n) is 7.07. The van der Waals surface area contributed by atoms with Crippen LogP contribution in [-0.4, -0.2) is 24.1 Å². The second kappa shape index (κ2) is 7.12. The Balaban J connectivity index is 1.75. The maximum absolute atomic E-state index is 10.6. The summed E-state index contributed by atoms with van der Waals surface area (Å²) in [6.07, 6.45) is 6.97. The molecule has 3 nitrogen and oxygen atoms in total. The van der Waals surface area contributed by atoms with E-state index in [1.807, 2.05) is 0 Å². The Morgan fingerprint density at radius 3 is 2.58 bits per heavy atom. The van der Waals surface area contributed by atoms with Crippen molar-refractivity contribution < 1.29 is 14.6 Å². The largest absolute Gasteiger partial charge is 0.465 e. The van der Waals surface area contributed by atoms with Crippen molar-refractivity contribution >= 4 is 10.8 Å². The van der Waals surface area contributed by atoms with Crippen LogP contribution in [0, 0.1) is 0 Å². The topological polar surface area (TPSA) is 38.7 Å². The number of fused-ring (bicyclic) bond motifs is 1. The minimum Gasteiger partial charge on any atom is -0.465 e. The first-order valence-electron chi connectivity index (χ1n) is 9.31. The zero-order valence-corrected chi connectivity index (χ0v) is 14.1. The van der Waals surface area contributed by atoms with Gasteiger partial charge in [0.05, 0.1) is 12.7 Å². The summed E-state index contributed by atoms with van der Waals surface area (Å²) in [5.74, 6) is 1.05. The molecule has 0 spiro atoms. The summed E-state index contributed by atoms with van der Waals surface area (Å²) >= 11 is 0. The fraction of sp³-hybridized carbons (Fsp3) is 0.524. The van der Waals surface area contributed by atoms with Crippen molar-refractivity contribution in [3.8, 4) is 5.75 Å². The van der Waals surface area contributed by atoms with Gasteiger partial charge in [0.1, 0.15) is 5.75 Å². The fourth-order valence-corrected chi connectivity index (χ4v) is 4.15. The minimum atomic E-state index is -0.279. The third-order valence-electron chi connectivity index (χ3n) is 5.43. The van der Waals surface area contributed by atoms with Crippen LogP contribution < -0.4 is 4.74 Å². The van der Waals surface area contributed by atoms with Crippen LogP contribution in [0.5, 0.6) is 5.75 Å². The van der Waals surface area contributed by atoms with Crippen LogP contribution in [0.15, 0.2) is 36.4 Å². The van der Waals surface area contributed by atoms with E-state index in [0.29, 0.717) is 0 Å². The van der Waals surface area contributed by atoms with E-state index < -0.39 is 0 Å². The molecule has 1 saturated carbocycles. The van der Waals surface area contributed by atoms with Gasteiger partial charge in [-0.1, -0.05) is 43.2 Å². The molecule has 3 heteroatoms. The summed E-state index contributed by atoms with van der Waals surface area (Å²) in [7, 11) is 0. The number of hydrogen-bond donors (Lipinski definition) is 1. The molecular weight excluding hydrogens is 300 g/mol. The molecule has 0 amide bonds. The number of rotatable bonds is 3. The van der Waals surface area contributed by atoms with Crippen molar-refractivity contribution in [3.63, 3.8) is 0 Å². The molecule has 4 rings (SSSR count). The van der Waals surface area contributed by atoms with E-state index in [-0.39, 0.29) is 18.3 Å². The first-order valence-corrected chi connectivity index (χ1v) is 9.31. The molecule has 2 aliphatic rings. The molecular formula is C21H26O3. The highest BCUT2D eigenvalue weighted by Crippen LogP contribution is 2.42. The van der Waals surface area contributed by atoms with Crippen LogP contribution in [0.4, 0.5) is 0 Å². The Hall–Kier alpha value is -1.58. The monoisotopic (exact) mass is 326 g/mol. The predicted molar refractivity (Wildman–Crippen MR) is 95.4 cm³/mol. The van der Waals surface area contributed by atoms with Crippen molar-refractivity contribution in [2.24, 2.45) is 0 Å². The Morgan fingerprint density at radius 1 is 0.917 bits per heavy atom. The van der Waals surface area contributed by atoms with Gasteiger partial charge < -0.3 is 14.6 Å². The maximum Gasteiger partial charge on any atom is 0.199 e. The number of benzene rings is 2. The SMILES string of the molecule is O[C@@H]1CCCC[C@@H]1c1c(O[C@@H]2CCCCO2)ccc2ccccc12. The smallest absolute Gasteiger partial charge is 0.199 e. The van der Waals surface area contributed by atoms with Crippen LogP contribution in [0.1, 0.15) is 56.4 Å². The molecule has 0 bridgehead atoms. The van der Waals surface area contributed by atoms with Gasteiger partial charge in [-0.3, -0.25) is 0 Å². The molecule has 1 saturated heterocycles. The van der Waals surface area contributed by atoms with Crippen molar-refractivity contribution in [1.82, 2.24) is 0 Å². The Labute approximate surface area is 143 Å². The molecule has 128 valence electrons. The highest BCUT2D eigenvalue weighted by molar-refractivity contribution is 5.88. The lowest BCUT2D eigenvalue weighted by Gasteiger charge is -2.32. The van der Waals surface area contributed by atoms with E-state index in [1.54, 1.807) is 0 Å². The van der Waals surface area contributed by atoms with E-state index in [0.717, 1.165) is 50.9 Å². The van der Waals surface area contributed by atoms with E-state index in [2.05, 4.69) is 36.4 Å². The Morgan fingerprint density at radius 2 is 1.75 bits per heavy atom. The summed E-state index contributed by atoms with van der Waals surface area (Å²) in [6, 6.07) is 12.6. The fourth-order valence-electron chi connectivity index (χ4n) is 4.15. The summed E-state index contributed by atoms with van der Waals surface area (Å²) in [6.45, 7) is 0.777. The molecule has 1 heterocycles. The average Bonchev–Trinajstić information content (AvgIpc) is 2.63. The molecule has 1 aliphatic heterocycles. The molecule has 24 heavy (non-hydrogen) atoms. The Kier molecular flexibility index (Phi) is 4.72. The summed E-state index contributed by atoms with van der Waals surface area (Å²) in [4.78, 5) is 0. The lowest BCUT2D eigenvalue weighted by atomic mass is 9.79. The number of ether oxygens (including phenoxy) is 2. The maximum atomic E-state index is 10.6. The number of aliphatic hydroxyl groups excluding tert-OH is 1. The summed E-state index contributed by atoms with van der Waals surface area (Å²) in [5, 5.41) is 13.0. The van der Waals surface area contributed by atoms with Gasteiger partial charge in [0.15, 0.2) is 6.29 Å². The van der Waals surface area contributed by atoms with Gasteiger partial charge in [-0.15, -0.1) is 0 Å². The molecule has 0 unspecified atom stereocenters. The quantitative estimate of drug-likeness (QED) is 0.883. The zero-order valence-electron chi connectivity index (χ0n) is 14.1. The van der Waals surface area contributed by atoms with Crippen molar-refractivity contribution in [2.45, 2.75) is 63.3 Å². The summed E-state index contributed by atoms with van der Waals surface area (Å²) < 4.78 is 12.0. The van der Waals surface area contributed by atoms with Crippen LogP contribution in [0.3, 0.4) is 0 Å². The van der Waals surface area contributed by atoms with Crippen LogP contribution in [0.2, 0.25) is 0 Å². The highest BCUT2D eigenvalue weighted by atomic mass is 16.7. The molecule has 0 aromatic heterocycles. The molecule has 2 aromatic carbocycles. The standard InChI is InChI=1S/C21H26O3/c22-18-10-4-3-9-17(18)21-16-8-2-1-7-15(16)12-13-19(21)24-20-11-5-6-14-23-20/h1-2,7-8,12-13,17-18,20,22H,3-6,9-11,14H2/t17-,18+,20+/m0/s1. The van der Waals surface area contributed by atoms with Gasteiger partial charge in [0.2, 0.25) is 0 Å². The van der Waals surface area contributed by atoms with Gasteiger partial charge in [-0.25, -0.2) is 0 Å². The predicted octanol–water partition coefficient (Wildman–Crippen LogP) is 4.76.